The highest BCUT2D eigenvalue weighted by Gasteiger charge is 2.32. The number of benzene rings is 2. The van der Waals surface area contributed by atoms with Crippen LogP contribution >= 0.6 is 0 Å². The number of aromatic nitrogens is 1. The Kier molecular flexibility index (Phi) is 6.20. The number of Topliss-reactive ketones (excluding diaryl/α,β-unsaturated/α-hetero) is 1. The summed E-state index contributed by atoms with van der Waals surface area (Å²) < 4.78 is 7.41. The third kappa shape index (κ3) is 3.75. The van der Waals surface area contributed by atoms with Crippen molar-refractivity contribution in [2.75, 3.05) is 19.7 Å². The van der Waals surface area contributed by atoms with Crippen molar-refractivity contribution in [3.05, 3.63) is 69.4 Å². The van der Waals surface area contributed by atoms with E-state index in [2.05, 4.69) is 61.4 Å². The lowest BCUT2D eigenvalue weighted by Gasteiger charge is -2.20. The maximum absolute atomic E-state index is 13.3. The summed E-state index contributed by atoms with van der Waals surface area (Å²) in [5.41, 5.74) is 8.57. The van der Waals surface area contributed by atoms with Crippen LogP contribution in [0.2, 0.25) is 0 Å². The molecule has 0 bridgehead atoms. The third-order valence-electron chi connectivity index (χ3n) is 7.03. The summed E-state index contributed by atoms with van der Waals surface area (Å²) in [5.74, 6) is -1.28. The van der Waals surface area contributed by atoms with Crippen LogP contribution in [0.5, 0.6) is 0 Å². The van der Waals surface area contributed by atoms with Crippen LogP contribution in [0.1, 0.15) is 50.8 Å². The molecule has 0 saturated heterocycles. The van der Waals surface area contributed by atoms with Crippen LogP contribution in [-0.2, 0) is 29.0 Å². The van der Waals surface area contributed by atoms with Gasteiger partial charge in [0.05, 0.1) is 17.7 Å². The number of hydrogen-bond donors (Lipinski definition) is 0. The van der Waals surface area contributed by atoms with Crippen molar-refractivity contribution in [3.63, 3.8) is 0 Å². The number of nitrogens with zero attached hydrogens (tertiary/aromatic N) is 2. The van der Waals surface area contributed by atoms with Gasteiger partial charge in [0.15, 0.2) is 0 Å². The minimum Gasteiger partial charge on any atom is -0.460 e. The molecule has 0 spiro atoms. The van der Waals surface area contributed by atoms with E-state index in [9.17, 15) is 9.59 Å². The Bertz CT molecular complexity index is 1190. The van der Waals surface area contributed by atoms with E-state index in [4.69, 9.17) is 4.74 Å². The smallest absolute Gasteiger partial charge is 0.379 e. The SMILES string of the molecule is CCOC(=O)C(=O)c1c2n(c3c(C)c(C)c(C)c(C)c13)CCN(Cc1ccccc1)CC2. The van der Waals surface area contributed by atoms with Crippen LogP contribution < -0.4 is 0 Å². The molecule has 0 atom stereocenters. The minimum atomic E-state index is -0.761. The van der Waals surface area contributed by atoms with Crippen LogP contribution in [-0.4, -0.2) is 40.9 Å². The number of carbonyl (C=O) groups is 2. The van der Waals surface area contributed by atoms with Crippen molar-refractivity contribution in [1.82, 2.24) is 9.47 Å². The first kappa shape index (κ1) is 22.3. The Hall–Kier alpha value is -2.92. The van der Waals surface area contributed by atoms with Gasteiger partial charge in [0.1, 0.15) is 0 Å². The van der Waals surface area contributed by atoms with Crippen LogP contribution in [0.25, 0.3) is 10.9 Å². The predicted molar refractivity (Wildman–Crippen MR) is 127 cm³/mol. The Morgan fingerprint density at radius 3 is 2.28 bits per heavy atom. The molecule has 0 radical (unpaired) electrons. The summed E-state index contributed by atoms with van der Waals surface area (Å²) in [4.78, 5) is 28.3. The fourth-order valence-electron chi connectivity index (χ4n) is 5.02. The topological polar surface area (TPSA) is 51.5 Å². The predicted octanol–water partition coefficient (Wildman–Crippen LogP) is 4.68. The molecule has 5 heteroatoms. The third-order valence-corrected chi connectivity index (χ3v) is 7.03. The number of ether oxygens (including phenoxy) is 1. The fraction of sp³-hybridized carbons (Fsp3) is 0.407. The number of fused-ring (bicyclic) bond motifs is 3. The molecule has 0 amide bonds. The molecule has 5 nitrogen and oxygen atoms in total. The summed E-state index contributed by atoms with van der Waals surface area (Å²) in [6.45, 7) is 13.7. The van der Waals surface area contributed by atoms with E-state index in [1.54, 1.807) is 6.92 Å². The highest BCUT2D eigenvalue weighted by molar-refractivity contribution is 6.43. The molecule has 1 aliphatic rings. The van der Waals surface area contributed by atoms with E-state index in [0.29, 0.717) is 5.56 Å². The lowest BCUT2D eigenvalue weighted by atomic mass is 9.92. The van der Waals surface area contributed by atoms with Crippen molar-refractivity contribution < 1.29 is 14.3 Å². The molecular formula is C27H32N2O3. The standard InChI is InChI=1S/C27H32N2O3/c1-6-32-27(31)26(30)24-22-12-13-28(16-21-10-8-7-9-11-21)14-15-29(22)25-20(5)18(3)17(2)19(4)23(24)25/h7-11H,6,12-16H2,1-5H3. The zero-order valence-corrected chi connectivity index (χ0v) is 19.7. The molecule has 2 heterocycles. The van der Waals surface area contributed by atoms with Crippen molar-refractivity contribution in [1.29, 1.82) is 0 Å². The maximum Gasteiger partial charge on any atom is 0.379 e. The number of esters is 1. The van der Waals surface area contributed by atoms with Gasteiger partial charge in [-0.15, -0.1) is 0 Å². The molecule has 0 N–H and O–H groups in total. The molecule has 2 aromatic carbocycles. The Labute approximate surface area is 190 Å². The Morgan fingerprint density at radius 1 is 0.906 bits per heavy atom. The summed E-state index contributed by atoms with van der Waals surface area (Å²) in [5, 5.41) is 0.926. The monoisotopic (exact) mass is 432 g/mol. The van der Waals surface area contributed by atoms with Crippen LogP contribution in [0.4, 0.5) is 0 Å². The zero-order chi connectivity index (χ0) is 23.0. The number of carbonyl (C=O) groups excluding carboxylic acids is 2. The van der Waals surface area contributed by atoms with Gasteiger partial charge in [0.2, 0.25) is 0 Å². The second-order valence-corrected chi connectivity index (χ2v) is 8.76. The van der Waals surface area contributed by atoms with Crippen LogP contribution in [0.3, 0.4) is 0 Å². The van der Waals surface area contributed by atoms with Gasteiger partial charge in [-0.3, -0.25) is 9.69 Å². The lowest BCUT2D eigenvalue weighted by molar-refractivity contribution is -0.137. The van der Waals surface area contributed by atoms with Crippen LogP contribution in [0.15, 0.2) is 30.3 Å². The van der Waals surface area contributed by atoms with E-state index < -0.39 is 11.8 Å². The maximum atomic E-state index is 13.3. The average molecular weight is 433 g/mol. The summed E-state index contributed by atoms with van der Waals surface area (Å²) >= 11 is 0. The molecule has 0 fully saturated rings. The van der Waals surface area contributed by atoms with Gasteiger partial charge in [-0.2, -0.15) is 0 Å². The first-order valence-corrected chi connectivity index (χ1v) is 11.4. The molecule has 168 valence electrons. The van der Waals surface area contributed by atoms with E-state index in [-0.39, 0.29) is 6.61 Å². The minimum absolute atomic E-state index is 0.194. The van der Waals surface area contributed by atoms with Gasteiger partial charge in [0.25, 0.3) is 5.78 Å². The molecule has 0 unspecified atom stereocenters. The average Bonchev–Trinajstić information content (AvgIpc) is 2.99. The summed E-state index contributed by atoms with van der Waals surface area (Å²) in [7, 11) is 0. The molecule has 0 saturated carbocycles. The van der Waals surface area contributed by atoms with E-state index in [1.165, 1.54) is 22.3 Å². The zero-order valence-electron chi connectivity index (χ0n) is 19.7. The molecule has 32 heavy (non-hydrogen) atoms. The van der Waals surface area contributed by atoms with E-state index in [1.807, 2.05) is 6.07 Å². The van der Waals surface area contributed by atoms with Crippen molar-refractivity contribution in [2.45, 2.75) is 54.1 Å². The first-order chi connectivity index (χ1) is 15.3. The van der Waals surface area contributed by atoms with E-state index >= 15 is 0 Å². The van der Waals surface area contributed by atoms with Crippen LogP contribution in [0, 0.1) is 27.7 Å². The van der Waals surface area contributed by atoms with Gasteiger partial charge in [-0.05, 0) is 62.4 Å². The largest absolute Gasteiger partial charge is 0.460 e. The van der Waals surface area contributed by atoms with Crippen molar-refractivity contribution in [2.24, 2.45) is 0 Å². The fourth-order valence-corrected chi connectivity index (χ4v) is 5.02. The molecule has 0 aliphatic carbocycles. The molecular weight excluding hydrogens is 400 g/mol. The van der Waals surface area contributed by atoms with Gasteiger partial charge in [-0.25, -0.2) is 4.79 Å². The molecule has 1 aliphatic heterocycles. The molecule has 1 aromatic heterocycles. The summed E-state index contributed by atoms with van der Waals surface area (Å²) in [6.07, 6.45) is 0.721. The molecule has 4 rings (SSSR count). The molecule has 3 aromatic rings. The lowest BCUT2D eigenvalue weighted by Crippen LogP contribution is -2.26. The van der Waals surface area contributed by atoms with Gasteiger partial charge in [0, 0.05) is 43.7 Å². The Balaban J connectivity index is 1.83. The van der Waals surface area contributed by atoms with E-state index in [0.717, 1.165) is 54.8 Å². The number of ketones is 1. The second-order valence-electron chi connectivity index (χ2n) is 8.76. The first-order valence-electron chi connectivity index (χ1n) is 11.4. The number of aryl methyl sites for hydroxylation is 2. The highest BCUT2D eigenvalue weighted by atomic mass is 16.5. The van der Waals surface area contributed by atoms with Gasteiger partial charge >= 0.3 is 5.97 Å². The second kappa shape index (κ2) is 8.91. The quantitative estimate of drug-likeness (QED) is 0.334. The number of rotatable bonds is 5. The number of hydrogen-bond acceptors (Lipinski definition) is 4. The van der Waals surface area contributed by atoms with Crippen molar-refractivity contribution >= 4 is 22.7 Å². The van der Waals surface area contributed by atoms with Crippen molar-refractivity contribution in [3.8, 4) is 0 Å². The van der Waals surface area contributed by atoms with Gasteiger partial charge in [-0.1, -0.05) is 30.3 Å². The normalized spacial score (nSPS) is 14.3. The Morgan fingerprint density at radius 2 is 1.59 bits per heavy atom. The highest BCUT2D eigenvalue weighted by Crippen LogP contribution is 2.37. The van der Waals surface area contributed by atoms with Gasteiger partial charge < -0.3 is 9.30 Å². The summed E-state index contributed by atoms with van der Waals surface area (Å²) in [6, 6.07) is 10.5.